The molecule has 1 rings (SSSR count). The lowest BCUT2D eigenvalue weighted by Crippen LogP contribution is -2.26. The molecule has 4 nitrogen and oxygen atoms in total. The van der Waals surface area contributed by atoms with Crippen LogP contribution in [0.4, 0.5) is 0 Å². The second kappa shape index (κ2) is 4.38. The monoisotopic (exact) mass is 207 g/mol. The maximum Gasteiger partial charge on any atom is 0.317 e. The summed E-state index contributed by atoms with van der Waals surface area (Å²) < 4.78 is 5.05. The first-order chi connectivity index (χ1) is 6.93. The first-order valence-electron chi connectivity index (χ1n) is 4.77. The van der Waals surface area contributed by atoms with Crippen LogP contribution in [-0.2, 0) is 11.2 Å². The van der Waals surface area contributed by atoms with Crippen LogP contribution in [0.3, 0.4) is 0 Å². The van der Waals surface area contributed by atoms with Gasteiger partial charge in [-0.15, -0.1) is 5.10 Å². The van der Waals surface area contributed by atoms with E-state index in [0.29, 0.717) is 6.42 Å². The van der Waals surface area contributed by atoms with Gasteiger partial charge in [0, 0.05) is 6.07 Å². The zero-order chi connectivity index (χ0) is 11.5. The summed E-state index contributed by atoms with van der Waals surface area (Å²) in [5.41, 5.74) is 0.234. The fraction of sp³-hybridized carbons (Fsp3) is 0.455. The molecular weight excluding hydrogens is 192 g/mol. The number of esters is 1. The van der Waals surface area contributed by atoms with E-state index in [0.717, 1.165) is 5.69 Å². The molecule has 0 atom stereocenters. The molecule has 0 saturated carbocycles. The molecule has 1 aromatic heterocycles. The molecular formula is C11H15N2O2. The maximum atomic E-state index is 11.5. The van der Waals surface area contributed by atoms with Crippen LogP contribution in [0.25, 0.3) is 0 Å². The van der Waals surface area contributed by atoms with Gasteiger partial charge in [-0.05, 0) is 40.2 Å². The van der Waals surface area contributed by atoms with Gasteiger partial charge in [0.05, 0.1) is 11.1 Å². The summed E-state index contributed by atoms with van der Waals surface area (Å²) in [6.07, 6.45) is 0.570. The Labute approximate surface area is 89.7 Å². The van der Waals surface area contributed by atoms with E-state index in [1.807, 2.05) is 0 Å². The Hall–Kier alpha value is -1.45. The highest BCUT2D eigenvalue weighted by Crippen LogP contribution is 2.17. The third kappa shape index (κ3) is 3.31. The topological polar surface area (TPSA) is 52.1 Å². The molecule has 15 heavy (non-hydrogen) atoms. The van der Waals surface area contributed by atoms with Crippen molar-refractivity contribution in [1.29, 1.82) is 0 Å². The molecule has 0 aliphatic carbocycles. The minimum Gasteiger partial charge on any atom is -0.405 e. The number of hydrogen-bond acceptors (Lipinski definition) is 4. The van der Waals surface area contributed by atoms with Crippen molar-refractivity contribution in [3.05, 3.63) is 24.8 Å². The Morgan fingerprint density at radius 1 is 1.40 bits per heavy atom. The molecule has 0 aromatic carbocycles. The number of rotatable bonds is 2. The van der Waals surface area contributed by atoms with E-state index in [2.05, 4.69) is 17.1 Å². The average Bonchev–Trinajstić information content (AvgIpc) is 2.17. The van der Waals surface area contributed by atoms with Crippen molar-refractivity contribution in [1.82, 2.24) is 10.2 Å². The number of carbonyl (C=O) groups excluding carboxylic acids is 1. The highest BCUT2D eigenvalue weighted by atomic mass is 16.5. The van der Waals surface area contributed by atoms with Gasteiger partial charge in [0.25, 0.3) is 0 Å². The van der Waals surface area contributed by atoms with E-state index in [1.54, 1.807) is 32.9 Å². The normalized spacial score (nSPS) is 11.2. The zero-order valence-corrected chi connectivity index (χ0v) is 9.28. The first kappa shape index (κ1) is 11.6. The number of nitrogens with zero attached hydrogens (tertiary/aromatic N) is 2. The third-order valence-corrected chi connectivity index (χ3v) is 1.76. The predicted octanol–water partition coefficient (Wildman–Crippen LogP) is 1.80. The molecule has 1 radical (unpaired) electrons. The molecule has 4 heteroatoms. The molecule has 0 aliphatic rings. The second-order valence-electron chi connectivity index (χ2n) is 4.25. The third-order valence-electron chi connectivity index (χ3n) is 1.76. The lowest BCUT2D eigenvalue weighted by atomic mass is 9.97. The van der Waals surface area contributed by atoms with E-state index < -0.39 is 5.41 Å². The predicted molar refractivity (Wildman–Crippen MR) is 56.2 cm³/mol. The maximum absolute atomic E-state index is 11.5. The Morgan fingerprint density at radius 3 is 2.47 bits per heavy atom. The van der Waals surface area contributed by atoms with Gasteiger partial charge in [-0.3, -0.25) is 4.79 Å². The van der Waals surface area contributed by atoms with Crippen LogP contribution >= 0.6 is 0 Å². The molecule has 0 aliphatic heterocycles. The van der Waals surface area contributed by atoms with Crippen LogP contribution in [0.5, 0.6) is 5.88 Å². The van der Waals surface area contributed by atoms with Crippen LogP contribution in [0, 0.1) is 12.3 Å². The SMILES string of the molecule is [CH2]Cc1ccc(OC(=O)C(C)(C)C)nn1. The van der Waals surface area contributed by atoms with Gasteiger partial charge in [-0.25, -0.2) is 0 Å². The van der Waals surface area contributed by atoms with Crippen molar-refractivity contribution in [3.63, 3.8) is 0 Å². The smallest absolute Gasteiger partial charge is 0.317 e. The minimum atomic E-state index is -0.535. The molecule has 1 aromatic rings. The van der Waals surface area contributed by atoms with Gasteiger partial charge in [-0.2, -0.15) is 5.10 Å². The van der Waals surface area contributed by atoms with Crippen LogP contribution in [0.15, 0.2) is 12.1 Å². The number of aromatic nitrogens is 2. The van der Waals surface area contributed by atoms with E-state index in [-0.39, 0.29) is 11.8 Å². The lowest BCUT2D eigenvalue weighted by Gasteiger charge is -2.15. The van der Waals surface area contributed by atoms with E-state index in [9.17, 15) is 4.79 Å². The lowest BCUT2D eigenvalue weighted by molar-refractivity contribution is -0.143. The quantitative estimate of drug-likeness (QED) is 0.694. The van der Waals surface area contributed by atoms with Crippen molar-refractivity contribution in [2.45, 2.75) is 27.2 Å². The summed E-state index contributed by atoms with van der Waals surface area (Å²) in [6, 6.07) is 3.36. The van der Waals surface area contributed by atoms with E-state index >= 15 is 0 Å². The molecule has 0 spiro atoms. The molecule has 0 unspecified atom stereocenters. The molecule has 0 fully saturated rings. The minimum absolute atomic E-state index is 0.229. The molecule has 0 saturated heterocycles. The molecule has 0 N–H and O–H groups in total. The Morgan fingerprint density at radius 2 is 2.07 bits per heavy atom. The van der Waals surface area contributed by atoms with Crippen molar-refractivity contribution in [2.24, 2.45) is 5.41 Å². The molecule has 0 bridgehead atoms. The summed E-state index contributed by atoms with van der Waals surface area (Å²) in [4.78, 5) is 11.5. The van der Waals surface area contributed by atoms with Gasteiger partial charge in [0.15, 0.2) is 0 Å². The highest BCUT2D eigenvalue weighted by molar-refractivity contribution is 5.77. The second-order valence-corrected chi connectivity index (χ2v) is 4.25. The summed E-state index contributed by atoms with van der Waals surface area (Å²) >= 11 is 0. The van der Waals surface area contributed by atoms with Gasteiger partial charge < -0.3 is 4.74 Å². The summed E-state index contributed by atoms with van der Waals surface area (Å²) in [7, 11) is 0. The molecule has 1 heterocycles. The average molecular weight is 207 g/mol. The molecule has 0 amide bonds. The van der Waals surface area contributed by atoms with E-state index in [4.69, 9.17) is 4.74 Å². The number of ether oxygens (including phenoxy) is 1. The van der Waals surface area contributed by atoms with Crippen LogP contribution in [0.2, 0.25) is 0 Å². The summed E-state index contributed by atoms with van der Waals surface area (Å²) in [6.45, 7) is 9.03. The fourth-order valence-corrected chi connectivity index (χ4v) is 0.783. The summed E-state index contributed by atoms with van der Waals surface area (Å²) in [5.74, 6) is -0.0914. The summed E-state index contributed by atoms with van der Waals surface area (Å²) in [5, 5.41) is 7.61. The largest absolute Gasteiger partial charge is 0.405 e. The van der Waals surface area contributed by atoms with Gasteiger partial charge >= 0.3 is 5.97 Å². The van der Waals surface area contributed by atoms with Gasteiger partial charge in [0.1, 0.15) is 0 Å². The first-order valence-corrected chi connectivity index (χ1v) is 4.77. The number of carbonyl (C=O) groups is 1. The van der Waals surface area contributed by atoms with Gasteiger partial charge in [0.2, 0.25) is 5.88 Å². The van der Waals surface area contributed by atoms with Crippen LogP contribution in [-0.4, -0.2) is 16.2 Å². The number of hydrogen-bond donors (Lipinski definition) is 0. The standard InChI is InChI=1S/C11H15N2O2/c1-5-8-6-7-9(13-12-8)15-10(14)11(2,3)4/h6-7H,1,5H2,2-4H3. The Kier molecular flexibility index (Phi) is 3.39. The van der Waals surface area contributed by atoms with E-state index in [1.165, 1.54) is 0 Å². The van der Waals surface area contributed by atoms with Crippen LogP contribution < -0.4 is 4.74 Å². The van der Waals surface area contributed by atoms with Crippen molar-refractivity contribution >= 4 is 5.97 Å². The Balaban J connectivity index is 2.70. The van der Waals surface area contributed by atoms with Crippen molar-refractivity contribution in [2.75, 3.05) is 0 Å². The molecule has 81 valence electrons. The Bertz CT molecular complexity index is 339. The highest BCUT2D eigenvalue weighted by Gasteiger charge is 2.24. The zero-order valence-electron chi connectivity index (χ0n) is 9.28. The van der Waals surface area contributed by atoms with Gasteiger partial charge in [-0.1, -0.05) is 0 Å². The fourth-order valence-electron chi connectivity index (χ4n) is 0.783. The van der Waals surface area contributed by atoms with Crippen molar-refractivity contribution < 1.29 is 9.53 Å². The van der Waals surface area contributed by atoms with Crippen molar-refractivity contribution in [3.8, 4) is 5.88 Å². The van der Waals surface area contributed by atoms with Crippen LogP contribution in [0.1, 0.15) is 26.5 Å².